The Labute approximate surface area is 146 Å². The lowest BCUT2D eigenvalue weighted by atomic mass is 10.1. The highest BCUT2D eigenvalue weighted by Gasteiger charge is 2.07. The van der Waals surface area contributed by atoms with Crippen molar-refractivity contribution in [1.29, 1.82) is 0 Å². The highest BCUT2D eigenvalue weighted by Crippen LogP contribution is 2.14. The van der Waals surface area contributed by atoms with Crippen LogP contribution in [0, 0.1) is 0 Å². The number of rotatable bonds is 9. The number of amides is 1. The van der Waals surface area contributed by atoms with E-state index in [0.717, 1.165) is 18.6 Å². The van der Waals surface area contributed by atoms with Crippen LogP contribution in [0.1, 0.15) is 22.3 Å². The molecule has 0 aliphatic carbocycles. The first-order chi connectivity index (χ1) is 12.1. The molecule has 0 bridgehead atoms. The van der Waals surface area contributed by atoms with E-state index in [4.69, 9.17) is 14.6 Å². The summed E-state index contributed by atoms with van der Waals surface area (Å²) in [5.74, 6) is -0.0979. The monoisotopic (exact) mass is 343 g/mol. The Hall–Kier alpha value is -3.02. The van der Waals surface area contributed by atoms with Gasteiger partial charge in [-0.25, -0.2) is 4.79 Å². The Bertz CT molecular complexity index is 712. The van der Waals surface area contributed by atoms with Gasteiger partial charge in [-0.3, -0.25) is 4.79 Å². The summed E-state index contributed by atoms with van der Waals surface area (Å²) in [5, 5.41) is 11.5. The SMILES string of the molecule is COc1ccc(CCCNC(=O)c2cccc(OCC(=O)O)c2)cc1. The number of aryl methyl sites for hydroxylation is 1. The third-order valence-electron chi connectivity index (χ3n) is 3.55. The molecule has 2 rings (SSSR count). The van der Waals surface area contributed by atoms with Crippen LogP contribution < -0.4 is 14.8 Å². The molecule has 2 N–H and O–H groups in total. The summed E-state index contributed by atoms with van der Waals surface area (Å²) in [4.78, 5) is 22.6. The summed E-state index contributed by atoms with van der Waals surface area (Å²) in [6.45, 7) is 0.109. The highest BCUT2D eigenvalue weighted by molar-refractivity contribution is 5.94. The van der Waals surface area contributed by atoms with E-state index >= 15 is 0 Å². The Kier molecular flexibility index (Phi) is 6.83. The molecule has 0 saturated carbocycles. The molecule has 0 aromatic heterocycles. The molecule has 1 amide bonds. The second-order valence-electron chi connectivity index (χ2n) is 5.42. The van der Waals surface area contributed by atoms with E-state index in [-0.39, 0.29) is 5.91 Å². The van der Waals surface area contributed by atoms with E-state index in [1.807, 2.05) is 24.3 Å². The number of carbonyl (C=O) groups excluding carboxylic acids is 1. The maximum atomic E-state index is 12.1. The zero-order chi connectivity index (χ0) is 18.1. The number of carboxylic acids is 1. The molecule has 0 aliphatic heterocycles. The zero-order valence-corrected chi connectivity index (χ0v) is 14.0. The van der Waals surface area contributed by atoms with Gasteiger partial charge in [0, 0.05) is 12.1 Å². The second-order valence-corrected chi connectivity index (χ2v) is 5.42. The van der Waals surface area contributed by atoms with Gasteiger partial charge >= 0.3 is 5.97 Å². The third-order valence-corrected chi connectivity index (χ3v) is 3.55. The van der Waals surface area contributed by atoms with Crippen LogP contribution in [-0.2, 0) is 11.2 Å². The smallest absolute Gasteiger partial charge is 0.341 e. The number of benzene rings is 2. The first-order valence-corrected chi connectivity index (χ1v) is 7.94. The van der Waals surface area contributed by atoms with Crippen LogP contribution in [0.3, 0.4) is 0 Å². The molecule has 0 fully saturated rings. The standard InChI is InChI=1S/C19H21NO5/c1-24-16-9-7-14(8-10-16)4-3-11-20-19(23)15-5-2-6-17(12-15)25-13-18(21)22/h2,5-10,12H,3-4,11,13H2,1H3,(H,20,23)(H,21,22). The van der Waals surface area contributed by atoms with Gasteiger partial charge in [0.2, 0.25) is 0 Å². The van der Waals surface area contributed by atoms with Crippen molar-refractivity contribution < 1.29 is 24.2 Å². The summed E-state index contributed by atoms with van der Waals surface area (Å²) in [6.07, 6.45) is 1.67. The van der Waals surface area contributed by atoms with Crippen molar-refractivity contribution in [1.82, 2.24) is 5.32 Å². The topological polar surface area (TPSA) is 84.9 Å². The highest BCUT2D eigenvalue weighted by atomic mass is 16.5. The maximum Gasteiger partial charge on any atom is 0.341 e. The Morgan fingerprint density at radius 2 is 1.84 bits per heavy atom. The van der Waals surface area contributed by atoms with Gasteiger partial charge in [-0.1, -0.05) is 18.2 Å². The molecule has 0 aliphatic rings. The summed E-state index contributed by atoms with van der Waals surface area (Å²) >= 11 is 0. The van der Waals surface area contributed by atoms with Crippen molar-refractivity contribution in [3.63, 3.8) is 0 Å². The minimum Gasteiger partial charge on any atom is -0.497 e. The van der Waals surface area contributed by atoms with Crippen molar-refractivity contribution in [3.8, 4) is 11.5 Å². The van der Waals surface area contributed by atoms with Gasteiger partial charge in [-0.2, -0.15) is 0 Å². The molecule has 25 heavy (non-hydrogen) atoms. The quantitative estimate of drug-likeness (QED) is 0.684. The average molecular weight is 343 g/mol. The summed E-state index contributed by atoms with van der Waals surface area (Å²) in [7, 11) is 1.63. The van der Waals surface area contributed by atoms with Crippen LogP contribution in [0.15, 0.2) is 48.5 Å². The van der Waals surface area contributed by atoms with Crippen LogP contribution in [0.5, 0.6) is 11.5 Å². The molecule has 0 saturated heterocycles. The number of carbonyl (C=O) groups is 2. The Morgan fingerprint density at radius 3 is 2.52 bits per heavy atom. The van der Waals surface area contributed by atoms with E-state index in [1.165, 1.54) is 11.6 Å². The van der Waals surface area contributed by atoms with Gasteiger partial charge in [0.05, 0.1) is 7.11 Å². The minimum absolute atomic E-state index is 0.212. The van der Waals surface area contributed by atoms with Gasteiger partial charge in [0.15, 0.2) is 6.61 Å². The molecule has 6 nitrogen and oxygen atoms in total. The van der Waals surface area contributed by atoms with E-state index in [1.54, 1.807) is 25.3 Å². The van der Waals surface area contributed by atoms with Gasteiger partial charge in [-0.15, -0.1) is 0 Å². The van der Waals surface area contributed by atoms with E-state index < -0.39 is 12.6 Å². The molecule has 132 valence electrons. The number of ether oxygens (including phenoxy) is 2. The van der Waals surface area contributed by atoms with Crippen molar-refractivity contribution in [2.45, 2.75) is 12.8 Å². The second kappa shape index (κ2) is 9.32. The molecular weight excluding hydrogens is 322 g/mol. The van der Waals surface area contributed by atoms with Crippen LogP contribution in [-0.4, -0.2) is 37.2 Å². The number of hydrogen-bond donors (Lipinski definition) is 2. The fourth-order valence-electron chi connectivity index (χ4n) is 2.26. The van der Waals surface area contributed by atoms with Crippen LogP contribution in [0.25, 0.3) is 0 Å². The van der Waals surface area contributed by atoms with E-state index in [2.05, 4.69) is 5.32 Å². The summed E-state index contributed by atoms with van der Waals surface area (Å²) < 4.78 is 10.2. The lowest BCUT2D eigenvalue weighted by molar-refractivity contribution is -0.139. The van der Waals surface area contributed by atoms with Gasteiger partial charge in [-0.05, 0) is 48.7 Å². The van der Waals surface area contributed by atoms with Gasteiger partial charge in [0.25, 0.3) is 5.91 Å². The normalized spacial score (nSPS) is 10.1. The van der Waals surface area contributed by atoms with Gasteiger partial charge in [0.1, 0.15) is 11.5 Å². The number of methoxy groups -OCH3 is 1. The lowest BCUT2D eigenvalue weighted by Gasteiger charge is -2.08. The first kappa shape index (κ1) is 18.3. The molecule has 0 radical (unpaired) electrons. The average Bonchev–Trinajstić information content (AvgIpc) is 2.64. The van der Waals surface area contributed by atoms with Crippen LogP contribution in [0.2, 0.25) is 0 Å². The summed E-state index contributed by atoms with van der Waals surface area (Å²) in [5.41, 5.74) is 1.62. The predicted molar refractivity (Wildman–Crippen MR) is 93.2 cm³/mol. The Balaban J connectivity index is 1.77. The van der Waals surface area contributed by atoms with Crippen LogP contribution >= 0.6 is 0 Å². The van der Waals surface area contributed by atoms with E-state index in [9.17, 15) is 9.59 Å². The number of nitrogens with one attached hydrogen (secondary N) is 1. The first-order valence-electron chi connectivity index (χ1n) is 7.94. The minimum atomic E-state index is -1.06. The molecule has 6 heteroatoms. The fourth-order valence-corrected chi connectivity index (χ4v) is 2.26. The van der Waals surface area contributed by atoms with Crippen molar-refractivity contribution in [3.05, 3.63) is 59.7 Å². The van der Waals surface area contributed by atoms with E-state index in [0.29, 0.717) is 17.9 Å². The van der Waals surface area contributed by atoms with Crippen molar-refractivity contribution in [2.24, 2.45) is 0 Å². The van der Waals surface area contributed by atoms with Crippen molar-refractivity contribution >= 4 is 11.9 Å². The predicted octanol–water partition coefficient (Wildman–Crippen LogP) is 2.52. The largest absolute Gasteiger partial charge is 0.497 e. The lowest BCUT2D eigenvalue weighted by Crippen LogP contribution is -2.24. The molecular formula is C19H21NO5. The Morgan fingerprint density at radius 1 is 1.08 bits per heavy atom. The fraction of sp³-hybridized carbons (Fsp3) is 0.263. The molecule has 2 aromatic rings. The molecule has 0 atom stereocenters. The van der Waals surface area contributed by atoms with Crippen molar-refractivity contribution in [2.75, 3.05) is 20.3 Å². The van der Waals surface area contributed by atoms with Gasteiger partial charge < -0.3 is 19.9 Å². The maximum absolute atomic E-state index is 12.1. The summed E-state index contributed by atoms with van der Waals surface area (Å²) in [6, 6.07) is 14.3. The number of aliphatic carboxylic acids is 1. The molecule has 2 aromatic carbocycles. The van der Waals surface area contributed by atoms with Crippen LogP contribution in [0.4, 0.5) is 0 Å². The molecule has 0 unspecified atom stereocenters. The number of hydrogen-bond acceptors (Lipinski definition) is 4. The molecule has 0 heterocycles. The third kappa shape index (κ3) is 6.18. The molecule has 0 spiro atoms. The zero-order valence-electron chi connectivity index (χ0n) is 14.0. The number of carboxylic acid groups (broad SMARTS) is 1.